The summed E-state index contributed by atoms with van der Waals surface area (Å²) in [5, 5.41) is 0.159. The quantitative estimate of drug-likeness (QED) is 0.917. The molecule has 0 radical (unpaired) electrons. The van der Waals surface area contributed by atoms with Crippen LogP contribution in [0.1, 0.15) is 18.9 Å². The van der Waals surface area contributed by atoms with E-state index in [1.807, 2.05) is 6.07 Å². The van der Waals surface area contributed by atoms with E-state index in [0.29, 0.717) is 18.3 Å². The molecular formula is C14H19ClFNO. The van der Waals surface area contributed by atoms with Gasteiger partial charge >= 0.3 is 0 Å². The second-order valence-corrected chi connectivity index (χ2v) is 5.53. The van der Waals surface area contributed by atoms with E-state index < -0.39 is 0 Å². The lowest BCUT2D eigenvalue weighted by Gasteiger charge is -2.33. The fourth-order valence-electron chi connectivity index (χ4n) is 2.62. The second kappa shape index (κ2) is 6.00. The molecule has 1 aliphatic heterocycles. The number of benzene rings is 1. The normalized spacial score (nSPS) is 26.0. The zero-order valence-electron chi connectivity index (χ0n) is 10.5. The highest BCUT2D eigenvalue weighted by Crippen LogP contribution is 2.26. The van der Waals surface area contributed by atoms with Crippen molar-refractivity contribution in [3.63, 3.8) is 0 Å². The molecule has 1 saturated heterocycles. The standard InChI is InChI=1S/C14H19ClFNO/c1-9-8-18-5-4-11(9)14(17)7-10-2-3-12(15)13(16)6-10/h2-3,6,9,11,14H,4-5,7-8,17H2,1H3. The number of hydrogen-bond donors (Lipinski definition) is 1. The third-order valence-corrected chi connectivity index (χ3v) is 4.02. The Morgan fingerprint density at radius 3 is 3.00 bits per heavy atom. The molecule has 4 heteroatoms. The predicted octanol–water partition coefficient (Wildman–Crippen LogP) is 3.02. The molecule has 0 amide bonds. The molecule has 2 rings (SSSR count). The molecular weight excluding hydrogens is 253 g/mol. The van der Waals surface area contributed by atoms with Crippen molar-refractivity contribution in [2.24, 2.45) is 17.6 Å². The van der Waals surface area contributed by atoms with Crippen molar-refractivity contribution in [1.82, 2.24) is 0 Å². The molecule has 1 heterocycles. The fourth-order valence-corrected chi connectivity index (χ4v) is 2.74. The zero-order chi connectivity index (χ0) is 13.1. The van der Waals surface area contributed by atoms with Crippen LogP contribution in [0.3, 0.4) is 0 Å². The van der Waals surface area contributed by atoms with Gasteiger partial charge in [0.15, 0.2) is 0 Å². The molecule has 2 N–H and O–H groups in total. The Balaban J connectivity index is 2.01. The second-order valence-electron chi connectivity index (χ2n) is 5.12. The average Bonchev–Trinajstić information content (AvgIpc) is 2.34. The van der Waals surface area contributed by atoms with Gasteiger partial charge in [0.25, 0.3) is 0 Å². The maximum absolute atomic E-state index is 13.4. The summed E-state index contributed by atoms with van der Waals surface area (Å²) in [6, 6.07) is 4.96. The minimum Gasteiger partial charge on any atom is -0.381 e. The van der Waals surface area contributed by atoms with Crippen LogP contribution in [0.15, 0.2) is 18.2 Å². The summed E-state index contributed by atoms with van der Waals surface area (Å²) in [4.78, 5) is 0. The third-order valence-electron chi connectivity index (χ3n) is 3.71. The summed E-state index contributed by atoms with van der Waals surface area (Å²) in [6.45, 7) is 3.71. The van der Waals surface area contributed by atoms with Crippen LogP contribution in [0.2, 0.25) is 5.02 Å². The van der Waals surface area contributed by atoms with Gasteiger partial charge in [-0.3, -0.25) is 0 Å². The molecule has 1 aliphatic rings. The van der Waals surface area contributed by atoms with Gasteiger partial charge in [0.1, 0.15) is 5.82 Å². The van der Waals surface area contributed by atoms with Crippen molar-refractivity contribution in [2.75, 3.05) is 13.2 Å². The number of halogens is 2. The Morgan fingerprint density at radius 2 is 2.33 bits per heavy atom. The van der Waals surface area contributed by atoms with Crippen molar-refractivity contribution < 1.29 is 9.13 Å². The van der Waals surface area contributed by atoms with Crippen LogP contribution in [0.25, 0.3) is 0 Å². The first-order valence-electron chi connectivity index (χ1n) is 6.35. The Kier molecular flexibility index (Phi) is 4.60. The number of rotatable bonds is 3. The lowest BCUT2D eigenvalue weighted by atomic mass is 9.81. The Hall–Kier alpha value is -0.640. The van der Waals surface area contributed by atoms with Gasteiger partial charge in [0.2, 0.25) is 0 Å². The minimum atomic E-state index is -0.374. The molecule has 0 saturated carbocycles. The van der Waals surface area contributed by atoms with E-state index in [0.717, 1.165) is 25.2 Å². The van der Waals surface area contributed by atoms with Crippen molar-refractivity contribution >= 4 is 11.6 Å². The molecule has 1 aromatic rings. The number of ether oxygens (including phenoxy) is 1. The molecule has 1 aromatic carbocycles. The highest BCUT2D eigenvalue weighted by molar-refractivity contribution is 6.30. The first-order chi connectivity index (χ1) is 8.58. The minimum absolute atomic E-state index is 0.0458. The molecule has 2 nitrogen and oxygen atoms in total. The molecule has 100 valence electrons. The van der Waals surface area contributed by atoms with Gasteiger partial charge < -0.3 is 10.5 Å². The summed E-state index contributed by atoms with van der Waals surface area (Å²) in [7, 11) is 0. The van der Waals surface area contributed by atoms with Gasteiger partial charge in [-0.25, -0.2) is 4.39 Å². The Labute approximate surface area is 112 Å². The van der Waals surface area contributed by atoms with Gasteiger partial charge in [-0.15, -0.1) is 0 Å². The maximum Gasteiger partial charge on any atom is 0.142 e. The summed E-state index contributed by atoms with van der Waals surface area (Å²) in [6.07, 6.45) is 1.67. The lowest BCUT2D eigenvalue weighted by molar-refractivity contribution is 0.0157. The monoisotopic (exact) mass is 271 g/mol. The molecule has 0 bridgehead atoms. The van der Waals surface area contributed by atoms with E-state index in [2.05, 4.69) is 6.92 Å². The zero-order valence-corrected chi connectivity index (χ0v) is 11.3. The van der Waals surface area contributed by atoms with Crippen molar-refractivity contribution in [1.29, 1.82) is 0 Å². The predicted molar refractivity (Wildman–Crippen MR) is 71.2 cm³/mol. The van der Waals surface area contributed by atoms with Gasteiger partial charge in [-0.05, 0) is 42.4 Å². The van der Waals surface area contributed by atoms with E-state index in [1.54, 1.807) is 6.07 Å². The van der Waals surface area contributed by atoms with E-state index in [-0.39, 0.29) is 16.9 Å². The molecule has 18 heavy (non-hydrogen) atoms. The fraction of sp³-hybridized carbons (Fsp3) is 0.571. The van der Waals surface area contributed by atoms with Crippen LogP contribution in [-0.4, -0.2) is 19.3 Å². The van der Waals surface area contributed by atoms with E-state index in [4.69, 9.17) is 22.1 Å². The summed E-state index contributed by atoms with van der Waals surface area (Å²) in [5.41, 5.74) is 7.15. The smallest absolute Gasteiger partial charge is 0.142 e. The summed E-state index contributed by atoms with van der Waals surface area (Å²) >= 11 is 5.67. The van der Waals surface area contributed by atoms with Crippen LogP contribution in [-0.2, 0) is 11.2 Å². The summed E-state index contributed by atoms with van der Waals surface area (Å²) in [5.74, 6) is 0.532. The van der Waals surface area contributed by atoms with E-state index in [9.17, 15) is 4.39 Å². The Bertz CT molecular complexity index is 413. The lowest BCUT2D eigenvalue weighted by Crippen LogP contribution is -2.40. The molecule has 1 fully saturated rings. The summed E-state index contributed by atoms with van der Waals surface area (Å²) < 4.78 is 18.8. The van der Waals surface area contributed by atoms with Crippen molar-refractivity contribution in [3.8, 4) is 0 Å². The molecule has 0 aromatic heterocycles. The van der Waals surface area contributed by atoms with Gasteiger partial charge in [0.05, 0.1) is 5.02 Å². The van der Waals surface area contributed by atoms with Crippen LogP contribution < -0.4 is 5.73 Å². The van der Waals surface area contributed by atoms with Crippen molar-refractivity contribution in [2.45, 2.75) is 25.8 Å². The average molecular weight is 272 g/mol. The molecule has 3 atom stereocenters. The molecule has 3 unspecified atom stereocenters. The number of hydrogen-bond acceptors (Lipinski definition) is 2. The van der Waals surface area contributed by atoms with Crippen LogP contribution in [0.5, 0.6) is 0 Å². The van der Waals surface area contributed by atoms with E-state index >= 15 is 0 Å². The maximum atomic E-state index is 13.4. The van der Waals surface area contributed by atoms with Crippen LogP contribution >= 0.6 is 11.6 Å². The van der Waals surface area contributed by atoms with Crippen LogP contribution in [0, 0.1) is 17.7 Å². The highest BCUT2D eigenvalue weighted by Gasteiger charge is 2.27. The number of nitrogens with two attached hydrogens (primary N) is 1. The van der Waals surface area contributed by atoms with E-state index in [1.165, 1.54) is 6.07 Å². The largest absolute Gasteiger partial charge is 0.381 e. The first kappa shape index (κ1) is 13.8. The first-order valence-corrected chi connectivity index (χ1v) is 6.73. The van der Waals surface area contributed by atoms with Crippen LogP contribution in [0.4, 0.5) is 4.39 Å². The van der Waals surface area contributed by atoms with Crippen molar-refractivity contribution in [3.05, 3.63) is 34.6 Å². The Morgan fingerprint density at radius 1 is 1.56 bits per heavy atom. The topological polar surface area (TPSA) is 35.2 Å². The SMILES string of the molecule is CC1COCCC1C(N)Cc1ccc(Cl)c(F)c1. The molecule has 0 spiro atoms. The third kappa shape index (κ3) is 3.22. The van der Waals surface area contributed by atoms with Gasteiger partial charge in [-0.2, -0.15) is 0 Å². The van der Waals surface area contributed by atoms with Gasteiger partial charge in [0, 0.05) is 19.3 Å². The van der Waals surface area contributed by atoms with Gasteiger partial charge in [-0.1, -0.05) is 24.6 Å². The molecule has 0 aliphatic carbocycles. The highest BCUT2D eigenvalue weighted by atomic mass is 35.5.